The average molecular weight is 281 g/mol. The van der Waals surface area contributed by atoms with E-state index in [4.69, 9.17) is 4.74 Å². The van der Waals surface area contributed by atoms with Crippen molar-refractivity contribution in [3.63, 3.8) is 0 Å². The first-order valence-corrected chi connectivity index (χ1v) is 7.45. The van der Waals surface area contributed by atoms with Gasteiger partial charge in [0.1, 0.15) is 0 Å². The first kappa shape index (κ1) is 15.3. The Morgan fingerprint density at radius 2 is 2.20 bits per heavy atom. The summed E-state index contributed by atoms with van der Waals surface area (Å²) in [7, 11) is 3.63. The summed E-state index contributed by atoms with van der Waals surface area (Å²) in [5.41, 5.74) is 2.33. The lowest BCUT2D eigenvalue weighted by molar-refractivity contribution is 0.0424. The lowest BCUT2D eigenvalue weighted by atomic mass is 9.82. The van der Waals surface area contributed by atoms with Crippen LogP contribution in [0.25, 0.3) is 0 Å². The van der Waals surface area contributed by atoms with E-state index >= 15 is 0 Å². The van der Waals surface area contributed by atoms with E-state index < -0.39 is 0 Å². The fourth-order valence-corrected chi connectivity index (χ4v) is 3.22. The largest absolute Gasteiger partial charge is 0.481 e. The van der Waals surface area contributed by atoms with Gasteiger partial charge in [0.2, 0.25) is 5.88 Å². The van der Waals surface area contributed by atoms with Gasteiger partial charge in [-0.1, -0.05) is 13.8 Å². The lowest BCUT2D eigenvalue weighted by Gasteiger charge is -2.39. The number of aliphatic hydroxyl groups excluding tert-OH is 1. The van der Waals surface area contributed by atoms with Crippen LogP contribution in [0.2, 0.25) is 0 Å². The molecule has 20 heavy (non-hydrogen) atoms. The molecule has 1 aromatic heterocycles. The highest BCUT2D eigenvalue weighted by Crippen LogP contribution is 2.31. The Morgan fingerprint density at radius 3 is 2.80 bits per heavy atom. The molecule has 114 valence electrons. The van der Waals surface area contributed by atoms with Gasteiger partial charge in [-0.25, -0.2) is 4.68 Å². The fourth-order valence-electron chi connectivity index (χ4n) is 3.22. The number of hydrogen-bond acceptors (Lipinski definition) is 4. The van der Waals surface area contributed by atoms with Gasteiger partial charge >= 0.3 is 0 Å². The molecule has 0 aromatic carbocycles. The van der Waals surface area contributed by atoms with Gasteiger partial charge in [-0.05, 0) is 25.8 Å². The zero-order chi connectivity index (χ0) is 14.8. The minimum atomic E-state index is 0.0278. The number of ether oxygens (including phenoxy) is 1. The van der Waals surface area contributed by atoms with E-state index in [0.717, 1.165) is 50.5 Å². The van der Waals surface area contributed by atoms with Gasteiger partial charge < -0.3 is 9.84 Å². The van der Waals surface area contributed by atoms with Crippen molar-refractivity contribution in [1.29, 1.82) is 0 Å². The van der Waals surface area contributed by atoms with Gasteiger partial charge in [0.05, 0.1) is 18.4 Å². The molecule has 0 amide bonds. The quantitative estimate of drug-likeness (QED) is 0.890. The average Bonchev–Trinajstić information content (AvgIpc) is 2.74. The van der Waals surface area contributed by atoms with Crippen LogP contribution in [0.4, 0.5) is 0 Å². The standard InChI is InChI=1S/C15H27N3O2/c1-5-13-12(14(20-4)17(3)16-13)9-18-8-6-7-15(2,10-18)11-19/h19H,5-11H2,1-4H3. The van der Waals surface area contributed by atoms with Crippen LogP contribution in [0, 0.1) is 5.41 Å². The van der Waals surface area contributed by atoms with Crippen molar-refractivity contribution in [3.8, 4) is 5.88 Å². The maximum Gasteiger partial charge on any atom is 0.216 e. The normalized spacial score (nSPS) is 24.1. The summed E-state index contributed by atoms with van der Waals surface area (Å²) < 4.78 is 7.33. The van der Waals surface area contributed by atoms with E-state index in [1.165, 1.54) is 5.56 Å². The lowest BCUT2D eigenvalue weighted by Crippen LogP contribution is -2.43. The fraction of sp³-hybridized carbons (Fsp3) is 0.800. The molecule has 1 unspecified atom stereocenters. The zero-order valence-electron chi connectivity index (χ0n) is 13.1. The molecule has 0 bridgehead atoms. The Kier molecular flexibility index (Phi) is 4.70. The first-order valence-electron chi connectivity index (χ1n) is 7.45. The second kappa shape index (κ2) is 6.14. The SMILES string of the molecule is CCc1nn(C)c(OC)c1CN1CCCC(C)(CO)C1. The topological polar surface area (TPSA) is 50.5 Å². The molecule has 1 aliphatic rings. The van der Waals surface area contributed by atoms with Crippen molar-refractivity contribution in [3.05, 3.63) is 11.3 Å². The molecule has 1 N–H and O–H groups in total. The molecule has 5 heteroatoms. The highest BCUT2D eigenvalue weighted by Gasteiger charge is 2.31. The smallest absolute Gasteiger partial charge is 0.216 e. The summed E-state index contributed by atoms with van der Waals surface area (Å²) in [6.45, 7) is 7.42. The van der Waals surface area contributed by atoms with Gasteiger partial charge in [-0.15, -0.1) is 0 Å². The molecule has 1 aliphatic heterocycles. The number of hydrogen-bond donors (Lipinski definition) is 1. The molecule has 0 aliphatic carbocycles. The van der Waals surface area contributed by atoms with Crippen LogP contribution in [0.1, 0.15) is 37.9 Å². The first-order chi connectivity index (χ1) is 9.53. The van der Waals surface area contributed by atoms with Gasteiger partial charge in [0, 0.05) is 32.2 Å². The Labute approximate surface area is 121 Å². The molecule has 1 aromatic rings. The van der Waals surface area contributed by atoms with Crippen molar-refractivity contribution >= 4 is 0 Å². The second-order valence-corrected chi connectivity index (χ2v) is 6.19. The summed E-state index contributed by atoms with van der Waals surface area (Å²) in [6, 6.07) is 0. The van der Waals surface area contributed by atoms with Crippen LogP contribution in [0.3, 0.4) is 0 Å². The predicted octanol–water partition coefficient (Wildman–Crippen LogP) is 1.59. The minimum Gasteiger partial charge on any atom is -0.481 e. The molecular weight excluding hydrogens is 254 g/mol. The van der Waals surface area contributed by atoms with Gasteiger partial charge in [-0.3, -0.25) is 4.90 Å². The van der Waals surface area contributed by atoms with Crippen LogP contribution in [-0.4, -0.2) is 46.6 Å². The summed E-state index contributed by atoms with van der Waals surface area (Å²) in [4.78, 5) is 2.42. The highest BCUT2D eigenvalue weighted by atomic mass is 16.5. The summed E-state index contributed by atoms with van der Waals surface area (Å²) >= 11 is 0. The number of aromatic nitrogens is 2. The van der Waals surface area contributed by atoms with Crippen LogP contribution in [0.5, 0.6) is 5.88 Å². The molecule has 0 saturated carbocycles. The molecule has 2 rings (SSSR count). The van der Waals surface area contributed by atoms with Crippen LogP contribution < -0.4 is 4.74 Å². The number of nitrogens with zero attached hydrogens (tertiary/aromatic N) is 3. The number of aliphatic hydroxyl groups is 1. The van der Waals surface area contributed by atoms with E-state index in [9.17, 15) is 5.11 Å². The third kappa shape index (κ3) is 2.99. The molecule has 1 atom stereocenters. The van der Waals surface area contributed by atoms with Crippen molar-refractivity contribution in [1.82, 2.24) is 14.7 Å². The molecular formula is C15H27N3O2. The van der Waals surface area contributed by atoms with E-state index in [-0.39, 0.29) is 12.0 Å². The maximum atomic E-state index is 9.57. The van der Waals surface area contributed by atoms with Crippen molar-refractivity contribution in [2.75, 3.05) is 26.8 Å². The Hall–Kier alpha value is -1.07. The highest BCUT2D eigenvalue weighted by molar-refractivity contribution is 5.31. The summed E-state index contributed by atoms with van der Waals surface area (Å²) in [5, 5.41) is 14.1. The molecule has 5 nitrogen and oxygen atoms in total. The van der Waals surface area contributed by atoms with Crippen molar-refractivity contribution in [2.24, 2.45) is 12.5 Å². The molecule has 0 spiro atoms. The van der Waals surface area contributed by atoms with Gasteiger partial charge in [-0.2, -0.15) is 5.10 Å². The number of methoxy groups -OCH3 is 1. The summed E-state index contributed by atoms with van der Waals surface area (Å²) in [5.74, 6) is 0.859. The Balaban J connectivity index is 2.17. The van der Waals surface area contributed by atoms with Crippen molar-refractivity contribution in [2.45, 2.75) is 39.7 Å². The van der Waals surface area contributed by atoms with Crippen LogP contribution in [0.15, 0.2) is 0 Å². The third-order valence-corrected chi connectivity index (χ3v) is 4.32. The van der Waals surface area contributed by atoms with E-state index in [2.05, 4.69) is 23.8 Å². The third-order valence-electron chi connectivity index (χ3n) is 4.32. The van der Waals surface area contributed by atoms with Gasteiger partial charge in [0.25, 0.3) is 0 Å². The van der Waals surface area contributed by atoms with E-state index in [0.29, 0.717) is 0 Å². The van der Waals surface area contributed by atoms with Crippen molar-refractivity contribution < 1.29 is 9.84 Å². The number of piperidine rings is 1. The van der Waals surface area contributed by atoms with Gasteiger partial charge in [0.15, 0.2) is 0 Å². The van der Waals surface area contributed by atoms with E-state index in [1.54, 1.807) is 7.11 Å². The molecule has 1 fully saturated rings. The molecule has 2 heterocycles. The second-order valence-electron chi connectivity index (χ2n) is 6.19. The predicted molar refractivity (Wildman–Crippen MR) is 78.8 cm³/mol. The Bertz CT molecular complexity index is 458. The summed E-state index contributed by atoms with van der Waals surface area (Å²) in [6.07, 6.45) is 3.16. The van der Waals surface area contributed by atoms with Crippen LogP contribution >= 0.6 is 0 Å². The molecule has 1 saturated heterocycles. The minimum absolute atomic E-state index is 0.0278. The molecule has 0 radical (unpaired) electrons. The Morgan fingerprint density at radius 1 is 1.45 bits per heavy atom. The number of aryl methyl sites for hydroxylation is 2. The number of rotatable bonds is 5. The van der Waals surface area contributed by atoms with Crippen LogP contribution in [-0.2, 0) is 20.0 Å². The monoisotopic (exact) mass is 281 g/mol. The number of likely N-dealkylation sites (tertiary alicyclic amines) is 1. The van der Waals surface area contributed by atoms with E-state index in [1.807, 2.05) is 11.7 Å². The zero-order valence-corrected chi connectivity index (χ0v) is 13.1. The maximum absolute atomic E-state index is 9.57.